The zero-order valence-electron chi connectivity index (χ0n) is 27.9. The van der Waals surface area contributed by atoms with Gasteiger partial charge in [0, 0.05) is 0 Å². The van der Waals surface area contributed by atoms with Crippen LogP contribution < -0.4 is 5.32 Å². The number of nitrogens with one attached hydrogen (secondary N) is 1. The van der Waals surface area contributed by atoms with Crippen molar-refractivity contribution in [2.24, 2.45) is 0 Å². The van der Waals surface area contributed by atoms with E-state index < -0.39 is 5.54 Å². The van der Waals surface area contributed by atoms with E-state index >= 15 is 0 Å². The molecule has 1 aliphatic rings. The normalized spacial score (nSPS) is 16.2. The number of nitrogens with zero attached hydrogens (tertiary/aromatic N) is 4. The summed E-state index contributed by atoms with van der Waals surface area (Å²) in [5, 5.41) is 18.4. The van der Waals surface area contributed by atoms with E-state index in [-0.39, 0.29) is 24.4 Å². The lowest BCUT2D eigenvalue weighted by Gasteiger charge is -2.40. The SMILES string of the molecule is CC1(C)OB(CCCCC(NC(c2ccccc2)(c2ccccc2)c2ccccc2)c2nnnn2Cc2ccc(Cl)c(Cl)c2)OC1(C)C. The van der Waals surface area contributed by atoms with Crippen LogP contribution in [0.3, 0.4) is 0 Å². The van der Waals surface area contributed by atoms with E-state index in [0.717, 1.165) is 53.7 Å². The van der Waals surface area contributed by atoms with Crippen LogP contribution in [0.25, 0.3) is 0 Å². The van der Waals surface area contributed by atoms with E-state index in [1.54, 1.807) is 6.07 Å². The largest absolute Gasteiger partial charge is 0.457 e. The summed E-state index contributed by atoms with van der Waals surface area (Å²) in [5.41, 5.74) is 2.90. The molecule has 0 bridgehead atoms. The maximum Gasteiger partial charge on any atom is 0.457 e. The summed E-state index contributed by atoms with van der Waals surface area (Å²) < 4.78 is 14.5. The minimum Gasteiger partial charge on any atom is -0.403 e. The summed E-state index contributed by atoms with van der Waals surface area (Å²) >= 11 is 12.6. The van der Waals surface area contributed by atoms with E-state index in [0.29, 0.717) is 16.6 Å². The summed E-state index contributed by atoms with van der Waals surface area (Å²) in [6.07, 6.45) is 3.39. The molecule has 1 aliphatic heterocycles. The molecule has 1 unspecified atom stereocenters. The van der Waals surface area contributed by atoms with Gasteiger partial charge in [0.1, 0.15) is 0 Å². The minimum atomic E-state index is -0.708. The summed E-state index contributed by atoms with van der Waals surface area (Å²) in [6, 6.07) is 37.2. The summed E-state index contributed by atoms with van der Waals surface area (Å²) in [4.78, 5) is 0. The lowest BCUT2D eigenvalue weighted by atomic mass is 9.76. The maximum absolute atomic E-state index is 6.39. The van der Waals surface area contributed by atoms with Gasteiger partial charge in [-0.3, -0.25) is 5.32 Å². The van der Waals surface area contributed by atoms with E-state index in [1.807, 2.05) is 16.8 Å². The Kier molecular flexibility index (Phi) is 10.4. The number of tetrazole rings is 1. The van der Waals surface area contributed by atoms with Crippen LogP contribution >= 0.6 is 23.2 Å². The molecule has 0 radical (unpaired) electrons. The molecule has 4 aromatic carbocycles. The van der Waals surface area contributed by atoms with Crippen LogP contribution in [-0.2, 0) is 21.4 Å². The molecule has 0 saturated carbocycles. The third-order valence-electron chi connectivity index (χ3n) is 9.68. The van der Waals surface area contributed by atoms with Gasteiger partial charge in [-0.2, -0.15) is 0 Å². The molecule has 1 saturated heterocycles. The fraction of sp³-hybridized carbons (Fsp3) is 0.342. The number of unbranched alkanes of at least 4 members (excludes halogenated alkanes) is 1. The highest BCUT2D eigenvalue weighted by Crippen LogP contribution is 2.41. The lowest BCUT2D eigenvalue weighted by molar-refractivity contribution is 0.00578. The van der Waals surface area contributed by atoms with Crippen LogP contribution in [0.2, 0.25) is 16.4 Å². The smallest absolute Gasteiger partial charge is 0.403 e. The Balaban J connectivity index is 1.37. The molecule has 1 fully saturated rings. The van der Waals surface area contributed by atoms with Gasteiger partial charge in [0.25, 0.3) is 0 Å². The zero-order chi connectivity index (χ0) is 33.8. The number of halogens is 2. The van der Waals surface area contributed by atoms with Crippen LogP contribution in [0.4, 0.5) is 0 Å². The van der Waals surface area contributed by atoms with Gasteiger partial charge < -0.3 is 9.31 Å². The van der Waals surface area contributed by atoms with Crippen molar-refractivity contribution >= 4 is 30.3 Å². The fourth-order valence-electron chi connectivity index (χ4n) is 6.47. The third kappa shape index (κ3) is 7.24. The highest BCUT2D eigenvalue weighted by Gasteiger charge is 2.50. The Labute approximate surface area is 294 Å². The molecule has 7 nitrogen and oxygen atoms in total. The molecular formula is C38H42BCl2N5O2. The first-order valence-electron chi connectivity index (χ1n) is 16.6. The molecule has 0 spiro atoms. The van der Waals surface area contributed by atoms with E-state index in [2.05, 4.69) is 140 Å². The monoisotopic (exact) mass is 681 g/mol. The van der Waals surface area contributed by atoms with Crippen molar-refractivity contribution in [2.75, 3.05) is 0 Å². The second kappa shape index (κ2) is 14.5. The number of hydrogen-bond acceptors (Lipinski definition) is 6. The molecule has 6 rings (SSSR count). The zero-order valence-corrected chi connectivity index (χ0v) is 29.5. The quantitative estimate of drug-likeness (QED) is 0.0760. The van der Waals surface area contributed by atoms with Gasteiger partial charge in [-0.25, -0.2) is 4.68 Å². The Morgan fingerprint density at radius 2 is 1.29 bits per heavy atom. The molecule has 5 aromatic rings. The predicted molar refractivity (Wildman–Crippen MR) is 193 cm³/mol. The average molecular weight is 683 g/mol. The number of rotatable bonds is 13. The highest BCUT2D eigenvalue weighted by molar-refractivity contribution is 6.45. The fourth-order valence-corrected chi connectivity index (χ4v) is 6.79. The molecule has 1 atom stereocenters. The van der Waals surface area contributed by atoms with Crippen molar-refractivity contribution in [2.45, 2.75) is 82.6 Å². The molecule has 10 heteroatoms. The van der Waals surface area contributed by atoms with Gasteiger partial charge in [-0.15, -0.1) is 5.10 Å². The van der Waals surface area contributed by atoms with Gasteiger partial charge in [-0.05, 0) is 85.2 Å². The van der Waals surface area contributed by atoms with E-state index in [4.69, 9.17) is 32.5 Å². The maximum atomic E-state index is 6.39. The molecule has 0 amide bonds. The number of hydrogen-bond donors (Lipinski definition) is 1. The average Bonchev–Trinajstić information content (AvgIpc) is 3.63. The van der Waals surface area contributed by atoms with Crippen LogP contribution in [0, 0.1) is 0 Å². The first-order valence-corrected chi connectivity index (χ1v) is 17.3. The molecule has 48 heavy (non-hydrogen) atoms. The number of benzene rings is 4. The topological polar surface area (TPSA) is 74.1 Å². The third-order valence-corrected chi connectivity index (χ3v) is 10.4. The molecular weight excluding hydrogens is 640 g/mol. The van der Waals surface area contributed by atoms with Crippen LogP contribution in [0.1, 0.15) is 81.1 Å². The summed E-state index contributed by atoms with van der Waals surface area (Å²) in [7, 11) is -0.238. The van der Waals surface area contributed by atoms with Crippen molar-refractivity contribution in [3.63, 3.8) is 0 Å². The Hall–Kier alpha value is -3.53. The second-order valence-electron chi connectivity index (χ2n) is 13.5. The van der Waals surface area contributed by atoms with Gasteiger partial charge >= 0.3 is 7.12 Å². The Bertz CT molecular complexity index is 1670. The van der Waals surface area contributed by atoms with Gasteiger partial charge in [0.15, 0.2) is 5.82 Å². The van der Waals surface area contributed by atoms with Gasteiger partial charge in [0.2, 0.25) is 0 Å². The van der Waals surface area contributed by atoms with Crippen LogP contribution in [0.5, 0.6) is 0 Å². The highest BCUT2D eigenvalue weighted by atomic mass is 35.5. The number of aromatic nitrogens is 4. The Morgan fingerprint density at radius 3 is 1.81 bits per heavy atom. The Morgan fingerprint density at radius 1 is 0.750 bits per heavy atom. The summed E-state index contributed by atoms with van der Waals surface area (Å²) in [5.74, 6) is 0.740. The van der Waals surface area contributed by atoms with Gasteiger partial charge in [-0.1, -0.05) is 133 Å². The first kappa shape index (κ1) is 34.3. The molecule has 1 aromatic heterocycles. The van der Waals surface area contributed by atoms with Crippen LogP contribution in [0.15, 0.2) is 109 Å². The first-order chi connectivity index (χ1) is 23.1. The molecule has 0 aliphatic carbocycles. The lowest BCUT2D eigenvalue weighted by Crippen LogP contribution is -2.47. The summed E-state index contributed by atoms with van der Waals surface area (Å²) in [6.45, 7) is 8.82. The van der Waals surface area contributed by atoms with Crippen molar-refractivity contribution in [1.82, 2.24) is 25.5 Å². The van der Waals surface area contributed by atoms with Gasteiger partial charge in [0.05, 0.1) is 39.4 Å². The van der Waals surface area contributed by atoms with Crippen molar-refractivity contribution < 1.29 is 9.31 Å². The van der Waals surface area contributed by atoms with Crippen molar-refractivity contribution in [3.8, 4) is 0 Å². The minimum absolute atomic E-state index is 0.235. The predicted octanol–water partition coefficient (Wildman–Crippen LogP) is 8.91. The van der Waals surface area contributed by atoms with Crippen molar-refractivity contribution in [1.29, 1.82) is 0 Å². The molecule has 1 N–H and O–H groups in total. The second-order valence-corrected chi connectivity index (χ2v) is 14.3. The van der Waals surface area contributed by atoms with E-state index in [1.165, 1.54) is 0 Å². The van der Waals surface area contributed by atoms with Crippen LogP contribution in [-0.4, -0.2) is 38.5 Å². The molecule has 248 valence electrons. The molecule has 2 heterocycles. The van der Waals surface area contributed by atoms with E-state index in [9.17, 15) is 0 Å². The standard InChI is InChI=1S/C38H42BCl2N5O2/c1-36(2)37(3,4)48-39(47-36)25-15-14-22-34(35-43-44-45-46(35)27-28-23-24-32(40)33(41)26-28)42-38(29-16-8-5-9-17-29,30-18-10-6-11-19-30)31-20-12-7-13-21-31/h5-13,16-21,23-24,26,34,42H,14-15,22,25,27H2,1-4H3. The van der Waals surface area contributed by atoms with Crippen molar-refractivity contribution in [3.05, 3.63) is 147 Å².